The van der Waals surface area contributed by atoms with E-state index in [9.17, 15) is 18.8 Å². The van der Waals surface area contributed by atoms with Crippen LogP contribution in [0.1, 0.15) is 28.9 Å². The van der Waals surface area contributed by atoms with Crippen LogP contribution in [0.2, 0.25) is 0 Å². The summed E-state index contributed by atoms with van der Waals surface area (Å²) >= 11 is 0. The number of urea groups is 1. The molecule has 2 N–H and O–H groups in total. The Balaban J connectivity index is 1.91. The van der Waals surface area contributed by atoms with Crippen molar-refractivity contribution in [2.24, 2.45) is 0 Å². The first kappa shape index (κ1) is 23.6. The summed E-state index contributed by atoms with van der Waals surface area (Å²) in [5.41, 5.74) is 0.352. The fraction of sp³-hybridized carbons (Fsp3) is 0.261. The van der Waals surface area contributed by atoms with Crippen LogP contribution in [-0.2, 0) is 14.3 Å². The Morgan fingerprint density at radius 2 is 1.64 bits per heavy atom. The Morgan fingerprint density at radius 1 is 0.970 bits per heavy atom. The van der Waals surface area contributed by atoms with Crippen molar-refractivity contribution in [3.05, 3.63) is 70.7 Å². The van der Waals surface area contributed by atoms with Crippen molar-refractivity contribution in [3.63, 3.8) is 0 Å². The molecular weight excluding hydrogens is 435 g/mol. The zero-order chi connectivity index (χ0) is 24.0. The molecule has 2 aromatic carbocycles. The molecule has 0 saturated heterocycles. The summed E-state index contributed by atoms with van der Waals surface area (Å²) in [6, 6.07) is 8.94. The van der Waals surface area contributed by atoms with Crippen molar-refractivity contribution in [1.82, 2.24) is 10.6 Å². The molecule has 10 heteroatoms. The van der Waals surface area contributed by atoms with Crippen LogP contribution in [0, 0.1) is 5.82 Å². The van der Waals surface area contributed by atoms with Crippen molar-refractivity contribution in [1.29, 1.82) is 0 Å². The van der Waals surface area contributed by atoms with Gasteiger partial charge in [0.25, 0.3) is 0 Å². The molecule has 2 aromatic rings. The molecule has 0 saturated carbocycles. The maximum absolute atomic E-state index is 14.2. The molecule has 174 valence electrons. The number of carbonyl (C=O) groups is 3. The van der Waals surface area contributed by atoms with E-state index in [0.717, 1.165) is 6.07 Å². The van der Waals surface area contributed by atoms with Crippen LogP contribution in [0.25, 0.3) is 0 Å². The highest BCUT2D eigenvalue weighted by Gasteiger charge is 2.34. The number of methoxy groups -OCH3 is 2. The van der Waals surface area contributed by atoms with E-state index in [1.165, 1.54) is 26.4 Å². The third-order valence-corrected chi connectivity index (χ3v) is 4.84. The number of halogens is 1. The minimum Gasteiger partial charge on any atom is -0.497 e. The van der Waals surface area contributed by atoms with Crippen molar-refractivity contribution in [2.75, 3.05) is 27.4 Å². The highest BCUT2D eigenvalue weighted by Crippen LogP contribution is 2.29. The molecule has 1 aliphatic heterocycles. The predicted molar refractivity (Wildman–Crippen MR) is 114 cm³/mol. The third kappa shape index (κ3) is 5.40. The van der Waals surface area contributed by atoms with Crippen LogP contribution in [0.5, 0.6) is 11.5 Å². The third-order valence-electron chi connectivity index (χ3n) is 4.84. The second-order valence-electron chi connectivity index (χ2n) is 6.84. The average molecular weight is 458 g/mol. The molecule has 0 unspecified atom stereocenters. The summed E-state index contributed by atoms with van der Waals surface area (Å²) in [6.07, 6.45) is 0. The summed E-state index contributed by atoms with van der Waals surface area (Å²) in [7, 11) is 2.89. The average Bonchev–Trinajstić information content (AvgIpc) is 2.82. The molecule has 0 aromatic heterocycles. The quantitative estimate of drug-likeness (QED) is 0.585. The smallest absolute Gasteiger partial charge is 0.341 e. The number of ether oxygens (including phenoxy) is 4. The van der Waals surface area contributed by atoms with Crippen LogP contribution >= 0.6 is 0 Å². The van der Waals surface area contributed by atoms with Gasteiger partial charge in [0.05, 0.1) is 43.7 Å². The van der Waals surface area contributed by atoms with Gasteiger partial charge < -0.3 is 29.6 Å². The summed E-state index contributed by atoms with van der Waals surface area (Å²) in [6.45, 7) is 1.25. The molecule has 0 fully saturated rings. The lowest BCUT2D eigenvalue weighted by Crippen LogP contribution is -2.47. The molecule has 0 radical (unpaired) electrons. The number of hydrogen-bond acceptors (Lipinski definition) is 7. The van der Waals surface area contributed by atoms with Gasteiger partial charge >= 0.3 is 18.0 Å². The lowest BCUT2D eigenvalue weighted by Gasteiger charge is -2.29. The molecular formula is C23H23FN2O7. The van der Waals surface area contributed by atoms with E-state index in [1.807, 2.05) is 0 Å². The lowest BCUT2D eigenvalue weighted by molar-refractivity contribution is -0.139. The highest BCUT2D eigenvalue weighted by atomic mass is 19.1. The highest BCUT2D eigenvalue weighted by molar-refractivity contribution is 5.95. The van der Waals surface area contributed by atoms with Crippen molar-refractivity contribution < 1.29 is 37.7 Å². The van der Waals surface area contributed by atoms with Crippen molar-refractivity contribution >= 4 is 18.0 Å². The van der Waals surface area contributed by atoms with Gasteiger partial charge in [0.1, 0.15) is 23.9 Å². The maximum Gasteiger partial charge on any atom is 0.341 e. The monoisotopic (exact) mass is 458 g/mol. The molecule has 1 heterocycles. The van der Waals surface area contributed by atoms with Gasteiger partial charge in [0.15, 0.2) is 0 Å². The van der Waals surface area contributed by atoms with E-state index < -0.39 is 36.4 Å². The second kappa shape index (κ2) is 10.5. The van der Waals surface area contributed by atoms with E-state index in [2.05, 4.69) is 10.6 Å². The topological polar surface area (TPSA) is 112 Å². The van der Waals surface area contributed by atoms with Crippen LogP contribution < -0.4 is 20.1 Å². The zero-order valence-corrected chi connectivity index (χ0v) is 18.3. The summed E-state index contributed by atoms with van der Waals surface area (Å²) in [5, 5.41) is 5.15. The minimum atomic E-state index is -0.973. The van der Waals surface area contributed by atoms with E-state index >= 15 is 0 Å². The summed E-state index contributed by atoms with van der Waals surface area (Å²) in [5.74, 6) is -1.67. The van der Waals surface area contributed by atoms with Crippen LogP contribution in [0.3, 0.4) is 0 Å². The van der Waals surface area contributed by atoms with Gasteiger partial charge in [-0.1, -0.05) is 12.1 Å². The number of nitrogens with one attached hydrogen (secondary N) is 2. The Kier molecular flexibility index (Phi) is 7.50. The molecule has 0 bridgehead atoms. The minimum absolute atomic E-state index is 0.0280. The number of carbonyl (C=O) groups excluding carboxylic acids is 3. The largest absolute Gasteiger partial charge is 0.497 e. The number of esters is 2. The summed E-state index contributed by atoms with van der Waals surface area (Å²) < 4.78 is 34.6. The molecule has 0 aliphatic carbocycles. The zero-order valence-electron chi connectivity index (χ0n) is 18.3. The van der Waals surface area contributed by atoms with Crippen LogP contribution in [0.4, 0.5) is 9.18 Å². The normalized spacial score (nSPS) is 15.3. The fourth-order valence-electron chi connectivity index (χ4n) is 3.23. The number of hydrogen-bond donors (Lipinski definition) is 2. The molecule has 3 rings (SSSR count). The van der Waals surface area contributed by atoms with Gasteiger partial charge in [-0.2, -0.15) is 0 Å². The van der Waals surface area contributed by atoms with E-state index in [1.54, 1.807) is 31.2 Å². The predicted octanol–water partition coefficient (Wildman–Crippen LogP) is 2.87. The number of benzene rings is 2. The van der Waals surface area contributed by atoms with Gasteiger partial charge in [-0.15, -0.1) is 0 Å². The first-order valence-corrected chi connectivity index (χ1v) is 10.00. The molecule has 0 spiro atoms. The first-order chi connectivity index (χ1) is 15.9. The maximum atomic E-state index is 14.2. The molecule has 1 atom stereocenters. The first-order valence-electron chi connectivity index (χ1n) is 10.00. The SMILES string of the molecule is CCOC(=O)C1=C(COC(=O)c2ccc(OC)cc2F)NC(=O)N[C@@H]1c1ccc(OC)cc1. The van der Waals surface area contributed by atoms with E-state index in [4.69, 9.17) is 18.9 Å². The van der Waals surface area contributed by atoms with Crippen molar-refractivity contribution in [2.45, 2.75) is 13.0 Å². The van der Waals surface area contributed by atoms with Crippen molar-refractivity contribution in [3.8, 4) is 11.5 Å². The second-order valence-corrected chi connectivity index (χ2v) is 6.84. The Morgan fingerprint density at radius 3 is 2.24 bits per heavy atom. The van der Waals surface area contributed by atoms with Crippen LogP contribution in [0.15, 0.2) is 53.7 Å². The van der Waals surface area contributed by atoms with Gasteiger partial charge in [-0.05, 0) is 36.8 Å². The van der Waals surface area contributed by atoms with Crippen LogP contribution in [-0.4, -0.2) is 45.4 Å². The molecule has 1 aliphatic rings. The standard InChI is InChI=1S/C23H23FN2O7/c1-4-32-22(28)19-18(12-33-21(27)16-10-9-15(31-3)11-17(16)24)25-23(29)26-20(19)13-5-7-14(30-2)8-6-13/h5-11,20H,4,12H2,1-3H3,(H2,25,26,29)/t20-/m1/s1. The number of rotatable bonds is 8. The Hall–Kier alpha value is -4.08. The summed E-state index contributed by atoms with van der Waals surface area (Å²) in [4.78, 5) is 37.5. The Bertz CT molecular complexity index is 1080. The lowest BCUT2D eigenvalue weighted by atomic mass is 9.95. The van der Waals surface area contributed by atoms with E-state index in [-0.39, 0.29) is 29.2 Å². The molecule has 33 heavy (non-hydrogen) atoms. The van der Waals surface area contributed by atoms with Gasteiger partial charge in [-0.3, -0.25) is 0 Å². The Labute approximate surface area is 189 Å². The molecule has 2 amide bonds. The van der Waals surface area contributed by atoms with Gasteiger partial charge in [0.2, 0.25) is 0 Å². The molecule has 9 nitrogen and oxygen atoms in total. The fourth-order valence-corrected chi connectivity index (χ4v) is 3.23. The van der Waals surface area contributed by atoms with E-state index in [0.29, 0.717) is 11.3 Å². The van der Waals surface area contributed by atoms with Gasteiger partial charge in [-0.25, -0.2) is 18.8 Å². The van der Waals surface area contributed by atoms with Gasteiger partial charge in [0, 0.05) is 6.07 Å². The number of amides is 2.